The molecule has 0 aliphatic heterocycles. The fourth-order valence-electron chi connectivity index (χ4n) is 7.90. The molecule has 0 aliphatic rings. The van der Waals surface area contributed by atoms with Gasteiger partial charge in [-0.2, -0.15) is 0 Å². The Kier molecular flexibility index (Phi) is 57.4. The van der Waals surface area contributed by atoms with Gasteiger partial charge in [-0.05, 0) is 135 Å². The van der Waals surface area contributed by atoms with Crippen LogP contribution in [0.15, 0.2) is 134 Å². The number of ether oxygens (including phenoxy) is 3. The SMILES string of the molecule is CC/C=C\C/C=C\C/C=C\C/C=C\C/C=C\C/C=C\CCCCCCCCCCC(=O)OCC(COC(=O)CCCCCCC/C=C\CCCCC)OC(=O)CCCCCC/C=C\C/C=C\C/C=C\C/C=C\CC. The summed E-state index contributed by atoms with van der Waals surface area (Å²) in [6.07, 6.45) is 85.9. The molecule has 1 unspecified atom stereocenters. The van der Waals surface area contributed by atoms with E-state index < -0.39 is 6.10 Å². The second-order valence-corrected chi connectivity index (χ2v) is 19.5. The van der Waals surface area contributed by atoms with Crippen molar-refractivity contribution in [2.75, 3.05) is 13.2 Å². The van der Waals surface area contributed by atoms with Crippen LogP contribution in [0.5, 0.6) is 0 Å². The minimum absolute atomic E-state index is 0.0985. The summed E-state index contributed by atoms with van der Waals surface area (Å²) in [6.45, 7) is 6.35. The van der Waals surface area contributed by atoms with E-state index in [1.54, 1.807) is 0 Å². The fraction of sp³-hybridized carbons (Fsp3) is 0.632. The molecule has 0 aromatic carbocycles. The first-order valence-corrected chi connectivity index (χ1v) is 30.2. The van der Waals surface area contributed by atoms with Crippen LogP contribution < -0.4 is 0 Å². The molecule has 0 saturated carbocycles. The zero-order chi connectivity index (χ0) is 53.6. The second-order valence-electron chi connectivity index (χ2n) is 19.5. The van der Waals surface area contributed by atoms with Gasteiger partial charge in [0.2, 0.25) is 0 Å². The number of allylic oxidation sites excluding steroid dienone is 22. The van der Waals surface area contributed by atoms with Gasteiger partial charge in [-0.25, -0.2) is 0 Å². The van der Waals surface area contributed by atoms with Crippen molar-refractivity contribution in [2.24, 2.45) is 0 Å². The van der Waals surface area contributed by atoms with E-state index in [1.807, 2.05) is 0 Å². The predicted molar refractivity (Wildman–Crippen MR) is 320 cm³/mol. The van der Waals surface area contributed by atoms with Gasteiger partial charge in [-0.1, -0.05) is 238 Å². The van der Waals surface area contributed by atoms with Crippen LogP contribution in [0.4, 0.5) is 0 Å². The first kappa shape index (κ1) is 69.5. The molecule has 0 amide bonds. The lowest BCUT2D eigenvalue weighted by Crippen LogP contribution is -2.30. The molecule has 0 bridgehead atoms. The maximum atomic E-state index is 12.9. The lowest BCUT2D eigenvalue weighted by Gasteiger charge is -2.18. The summed E-state index contributed by atoms with van der Waals surface area (Å²) < 4.78 is 16.8. The molecule has 0 aliphatic carbocycles. The van der Waals surface area contributed by atoms with Crippen molar-refractivity contribution in [2.45, 2.75) is 264 Å². The first-order chi connectivity index (χ1) is 36.5. The van der Waals surface area contributed by atoms with Gasteiger partial charge in [0.25, 0.3) is 0 Å². The molecular formula is C68H110O6. The Morgan fingerprint density at radius 3 is 0.838 bits per heavy atom. The number of carbonyl (C=O) groups excluding carboxylic acids is 3. The van der Waals surface area contributed by atoms with Crippen molar-refractivity contribution in [3.05, 3.63) is 134 Å². The van der Waals surface area contributed by atoms with Gasteiger partial charge in [-0.3, -0.25) is 14.4 Å². The van der Waals surface area contributed by atoms with E-state index in [2.05, 4.69) is 154 Å². The van der Waals surface area contributed by atoms with Crippen molar-refractivity contribution < 1.29 is 28.6 Å². The molecule has 0 spiro atoms. The van der Waals surface area contributed by atoms with Crippen LogP contribution in [0.3, 0.4) is 0 Å². The molecule has 0 saturated heterocycles. The highest BCUT2D eigenvalue weighted by Gasteiger charge is 2.19. The van der Waals surface area contributed by atoms with Crippen LogP contribution in [-0.4, -0.2) is 37.2 Å². The average Bonchev–Trinajstić information content (AvgIpc) is 3.40. The summed E-state index contributed by atoms with van der Waals surface area (Å²) in [4.78, 5) is 38.2. The lowest BCUT2D eigenvalue weighted by molar-refractivity contribution is -0.167. The molecule has 0 heterocycles. The highest BCUT2D eigenvalue weighted by molar-refractivity contribution is 5.71. The van der Waals surface area contributed by atoms with Crippen molar-refractivity contribution in [3.8, 4) is 0 Å². The van der Waals surface area contributed by atoms with E-state index >= 15 is 0 Å². The monoisotopic (exact) mass is 1020 g/mol. The van der Waals surface area contributed by atoms with Crippen LogP contribution in [0, 0.1) is 0 Å². The van der Waals surface area contributed by atoms with Gasteiger partial charge in [0.05, 0.1) is 0 Å². The maximum Gasteiger partial charge on any atom is 0.306 e. The van der Waals surface area contributed by atoms with Gasteiger partial charge in [0.1, 0.15) is 13.2 Å². The largest absolute Gasteiger partial charge is 0.462 e. The number of rotatable bonds is 53. The molecule has 1 atom stereocenters. The van der Waals surface area contributed by atoms with Crippen molar-refractivity contribution in [3.63, 3.8) is 0 Å². The standard InChI is InChI=1S/C68H110O6/c1-4-7-10-13-16-19-22-25-27-29-30-31-32-33-34-35-36-37-38-40-41-43-46-49-52-55-58-61-67(70)73-64-65(63-72-66(69)60-57-54-51-48-45-24-21-18-15-12-9-6-3)74-68(71)62-59-56-53-50-47-44-42-39-28-26-23-20-17-14-11-8-5-2/h7-8,10-11,16-21,25-28,30-31,33-34,36-37,42,44,65H,4-6,9,12-15,22-24,29,32,35,38-41,43,45-64H2,1-3H3/b10-7-,11-8-,19-16-,20-17-,21-18-,27-25-,28-26-,31-30-,34-33-,37-36-,44-42-. The third-order valence-corrected chi connectivity index (χ3v) is 12.4. The number of unbranched alkanes of at least 4 members (excludes halogenated alkanes) is 20. The zero-order valence-corrected chi connectivity index (χ0v) is 47.8. The molecule has 0 aromatic rings. The predicted octanol–water partition coefficient (Wildman–Crippen LogP) is 20.6. The summed E-state index contributed by atoms with van der Waals surface area (Å²) in [7, 11) is 0. The number of esters is 3. The highest BCUT2D eigenvalue weighted by Crippen LogP contribution is 2.14. The fourth-order valence-corrected chi connectivity index (χ4v) is 7.90. The minimum Gasteiger partial charge on any atom is -0.462 e. The topological polar surface area (TPSA) is 78.9 Å². The van der Waals surface area contributed by atoms with E-state index in [0.717, 1.165) is 154 Å². The van der Waals surface area contributed by atoms with E-state index in [4.69, 9.17) is 14.2 Å². The van der Waals surface area contributed by atoms with Gasteiger partial charge >= 0.3 is 17.9 Å². The van der Waals surface area contributed by atoms with Gasteiger partial charge in [-0.15, -0.1) is 0 Å². The number of carbonyl (C=O) groups is 3. The van der Waals surface area contributed by atoms with Gasteiger partial charge in [0, 0.05) is 19.3 Å². The minimum atomic E-state index is -0.803. The van der Waals surface area contributed by atoms with Crippen LogP contribution in [0.25, 0.3) is 0 Å². The van der Waals surface area contributed by atoms with E-state index in [1.165, 1.54) is 64.2 Å². The Balaban J connectivity index is 4.37. The Labute approximate surface area is 455 Å². The quantitative estimate of drug-likeness (QED) is 0.0261. The third kappa shape index (κ3) is 58.4. The molecule has 6 nitrogen and oxygen atoms in total. The van der Waals surface area contributed by atoms with Crippen LogP contribution in [0.2, 0.25) is 0 Å². The number of hydrogen-bond acceptors (Lipinski definition) is 6. The van der Waals surface area contributed by atoms with Gasteiger partial charge in [0.15, 0.2) is 6.10 Å². The van der Waals surface area contributed by atoms with Crippen molar-refractivity contribution in [1.82, 2.24) is 0 Å². The van der Waals surface area contributed by atoms with Crippen LogP contribution in [0.1, 0.15) is 258 Å². The summed E-state index contributed by atoms with van der Waals surface area (Å²) in [5.41, 5.74) is 0. The Morgan fingerprint density at radius 1 is 0.284 bits per heavy atom. The molecule has 0 aromatic heterocycles. The van der Waals surface area contributed by atoms with E-state index in [0.29, 0.717) is 19.3 Å². The van der Waals surface area contributed by atoms with E-state index in [-0.39, 0.29) is 31.1 Å². The maximum absolute atomic E-state index is 12.9. The number of hydrogen-bond donors (Lipinski definition) is 0. The molecule has 0 fully saturated rings. The molecule has 74 heavy (non-hydrogen) atoms. The Bertz CT molecular complexity index is 1600. The first-order valence-electron chi connectivity index (χ1n) is 30.2. The lowest BCUT2D eigenvalue weighted by atomic mass is 10.1. The third-order valence-electron chi connectivity index (χ3n) is 12.4. The molecule has 0 N–H and O–H groups in total. The zero-order valence-electron chi connectivity index (χ0n) is 47.8. The van der Waals surface area contributed by atoms with Gasteiger partial charge < -0.3 is 14.2 Å². The normalized spacial score (nSPS) is 13.1. The smallest absolute Gasteiger partial charge is 0.306 e. The van der Waals surface area contributed by atoms with E-state index in [9.17, 15) is 14.4 Å². The highest BCUT2D eigenvalue weighted by atomic mass is 16.6. The molecule has 418 valence electrons. The van der Waals surface area contributed by atoms with Crippen LogP contribution in [-0.2, 0) is 28.6 Å². The van der Waals surface area contributed by atoms with Crippen LogP contribution >= 0.6 is 0 Å². The Morgan fingerprint density at radius 2 is 0.527 bits per heavy atom. The average molecular weight is 1020 g/mol. The summed E-state index contributed by atoms with van der Waals surface area (Å²) in [6, 6.07) is 0. The molecule has 0 rings (SSSR count). The Hall–Kier alpha value is -4.45. The molecular weight excluding hydrogens is 913 g/mol. The molecule has 0 radical (unpaired) electrons. The second kappa shape index (κ2) is 61.1. The van der Waals surface area contributed by atoms with Crippen molar-refractivity contribution >= 4 is 17.9 Å². The summed E-state index contributed by atoms with van der Waals surface area (Å²) in [5, 5.41) is 0. The summed E-state index contributed by atoms with van der Waals surface area (Å²) in [5.74, 6) is -0.942. The van der Waals surface area contributed by atoms with Crippen molar-refractivity contribution in [1.29, 1.82) is 0 Å². The summed E-state index contributed by atoms with van der Waals surface area (Å²) >= 11 is 0. The molecule has 6 heteroatoms.